The number of methoxy groups -OCH3 is 1. The van der Waals surface area contributed by atoms with Crippen molar-refractivity contribution in [2.24, 2.45) is 5.92 Å². The Hall–Kier alpha value is -4.79. The number of hydrogen-bond acceptors (Lipinski definition) is 7. The second-order valence-corrected chi connectivity index (χ2v) is 13.0. The number of aromatic hydroxyl groups is 1. The fourth-order valence-electron chi connectivity index (χ4n) is 5.44. The highest BCUT2D eigenvalue weighted by Crippen LogP contribution is 2.45. The Labute approximate surface area is 276 Å². The molecule has 0 radical (unpaired) electrons. The molecule has 0 aliphatic rings. The summed E-state index contributed by atoms with van der Waals surface area (Å²) in [6, 6.07) is 17.9. The van der Waals surface area contributed by atoms with Gasteiger partial charge in [-0.2, -0.15) is 0 Å². The first-order valence-corrected chi connectivity index (χ1v) is 16.1. The fourth-order valence-corrected chi connectivity index (χ4v) is 5.44. The van der Waals surface area contributed by atoms with Crippen molar-refractivity contribution in [3.05, 3.63) is 66.2 Å². The van der Waals surface area contributed by atoms with Gasteiger partial charge in [-0.3, -0.25) is 9.59 Å². The zero-order chi connectivity index (χ0) is 34.3. The smallest absolute Gasteiger partial charge is 0.408 e. The molecule has 0 aliphatic heterocycles. The van der Waals surface area contributed by atoms with Gasteiger partial charge in [-0.1, -0.05) is 63.6 Å². The number of phenols is 1. The number of ether oxygens (including phenoxy) is 3. The van der Waals surface area contributed by atoms with Crippen LogP contribution >= 0.6 is 0 Å². The highest BCUT2D eigenvalue weighted by atomic mass is 16.6. The molecule has 4 aromatic carbocycles. The number of phenolic OH excluding ortho intramolecular Hbond substituents is 1. The molecule has 0 fully saturated rings. The van der Waals surface area contributed by atoms with Gasteiger partial charge in [0.2, 0.25) is 5.91 Å². The number of anilines is 1. The number of esters is 1. The lowest BCUT2D eigenvalue weighted by Crippen LogP contribution is -2.48. The third-order valence-corrected chi connectivity index (χ3v) is 7.78. The van der Waals surface area contributed by atoms with E-state index >= 15 is 0 Å². The van der Waals surface area contributed by atoms with Crippen LogP contribution in [0, 0.1) is 5.92 Å². The Morgan fingerprint density at radius 1 is 0.894 bits per heavy atom. The largest absolute Gasteiger partial charge is 0.507 e. The molecule has 0 aliphatic carbocycles. The number of nitrogens with one attached hydrogen (secondary N) is 2. The summed E-state index contributed by atoms with van der Waals surface area (Å²) in [4.78, 5) is 37.9. The first-order valence-electron chi connectivity index (χ1n) is 16.1. The lowest BCUT2D eigenvalue weighted by atomic mass is 9.91. The van der Waals surface area contributed by atoms with Gasteiger partial charge in [-0.15, -0.1) is 0 Å². The molecule has 4 rings (SSSR count). The van der Waals surface area contributed by atoms with E-state index in [0.717, 1.165) is 39.9 Å². The standard InChI is InChI=1S/C38H46N2O7/c1-8-9-20-46-32(42)19-11-24-10-15-28-25(21-24)12-17-30(41)33(28)34-29-16-14-27(22-26(29)13-18-31(34)45-7)39-36(43)35(23(2)3)40-37(44)47-38(4,5)6/h10,12-18,21-23,35,41H,8-9,11,19-20H2,1-7H3,(H,39,43)(H,40,44)/t35-/m0/s1. The zero-order valence-corrected chi connectivity index (χ0v) is 28.4. The van der Waals surface area contributed by atoms with Crippen LogP contribution in [0.4, 0.5) is 10.5 Å². The van der Waals surface area contributed by atoms with Gasteiger partial charge in [0.05, 0.1) is 13.7 Å². The van der Waals surface area contributed by atoms with Crippen molar-refractivity contribution in [2.75, 3.05) is 19.0 Å². The molecule has 3 N–H and O–H groups in total. The summed E-state index contributed by atoms with van der Waals surface area (Å²) in [7, 11) is 1.59. The molecule has 1 atom stereocenters. The van der Waals surface area contributed by atoms with Crippen LogP contribution in [0.5, 0.6) is 11.5 Å². The van der Waals surface area contributed by atoms with Crippen LogP contribution in [0.15, 0.2) is 60.7 Å². The number of aryl methyl sites for hydroxylation is 1. The summed E-state index contributed by atoms with van der Waals surface area (Å²) in [6.07, 6.45) is 2.01. The van der Waals surface area contributed by atoms with E-state index in [1.165, 1.54) is 0 Å². The van der Waals surface area contributed by atoms with Crippen LogP contribution in [0.3, 0.4) is 0 Å². The number of carbonyl (C=O) groups is 3. The third kappa shape index (κ3) is 8.93. The third-order valence-electron chi connectivity index (χ3n) is 7.78. The minimum Gasteiger partial charge on any atom is -0.507 e. The molecule has 9 nitrogen and oxygen atoms in total. The number of unbranched alkanes of at least 4 members (excludes halogenated alkanes) is 1. The molecule has 0 saturated heterocycles. The van der Waals surface area contributed by atoms with Crippen LogP contribution in [0.2, 0.25) is 0 Å². The maximum atomic E-state index is 13.3. The Bertz CT molecular complexity index is 1760. The second kappa shape index (κ2) is 15.2. The normalized spacial score (nSPS) is 12.2. The van der Waals surface area contributed by atoms with Crippen molar-refractivity contribution < 1.29 is 33.7 Å². The number of alkyl carbamates (subject to hydrolysis) is 1. The molecule has 4 aromatic rings. The predicted octanol–water partition coefficient (Wildman–Crippen LogP) is 8.14. The van der Waals surface area contributed by atoms with Gasteiger partial charge in [0.15, 0.2) is 0 Å². The summed E-state index contributed by atoms with van der Waals surface area (Å²) in [5.41, 5.74) is 2.19. The van der Waals surface area contributed by atoms with E-state index < -0.39 is 17.7 Å². The lowest BCUT2D eigenvalue weighted by molar-refractivity contribution is -0.143. The molecule has 250 valence electrons. The zero-order valence-electron chi connectivity index (χ0n) is 28.4. The molecule has 2 amide bonds. The SMILES string of the molecule is CCCCOC(=O)CCc1ccc2c(-c3c(OC)ccc4cc(NC(=O)[C@@H](NC(=O)OC(C)(C)C)C(C)C)ccc34)c(O)ccc2c1. The number of rotatable bonds is 12. The van der Waals surface area contributed by atoms with Crippen LogP contribution in [0.1, 0.15) is 66.4 Å². The van der Waals surface area contributed by atoms with Crippen molar-refractivity contribution in [2.45, 2.75) is 78.9 Å². The van der Waals surface area contributed by atoms with E-state index in [4.69, 9.17) is 14.2 Å². The number of amides is 2. The molecule has 0 heterocycles. The van der Waals surface area contributed by atoms with Crippen molar-refractivity contribution in [1.29, 1.82) is 0 Å². The summed E-state index contributed by atoms with van der Waals surface area (Å²) >= 11 is 0. The predicted molar refractivity (Wildman–Crippen MR) is 186 cm³/mol. The van der Waals surface area contributed by atoms with Gasteiger partial charge in [0, 0.05) is 23.2 Å². The number of fused-ring (bicyclic) bond motifs is 2. The Kier molecular flexibility index (Phi) is 11.3. The van der Waals surface area contributed by atoms with Crippen molar-refractivity contribution in [3.63, 3.8) is 0 Å². The summed E-state index contributed by atoms with van der Waals surface area (Å²) < 4.78 is 16.4. The highest BCUT2D eigenvalue weighted by molar-refractivity contribution is 6.10. The maximum absolute atomic E-state index is 13.3. The number of carbonyl (C=O) groups excluding carboxylic acids is 3. The van der Waals surface area contributed by atoms with Gasteiger partial charge < -0.3 is 30.0 Å². The molecule has 0 spiro atoms. The molecule has 9 heteroatoms. The first kappa shape index (κ1) is 35.1. The molecule has 0 unspecified atom stereocenters. The topological polar surface area (TPSA) is 123 Å². The Morgan fingerprint density at radius 3 is 2.26 bits per heavy atom. The average Bonchev–Trinajstić information content (AvgIpc) is 3.01. The molecule has 0 saturated carbocycles. The van der Waals surface area contributed by atoms with E-state index in [1.54, 1.807) is 40.0 Å². The molecular weight excluding hydrogens is 596 g/mol. The van der Waals surface area contributed by atoms with E-state index in [1.807, 2.05) is 62.4 Å². The molecular formula is C38H46N2O7. The monoisotopic (exact) mass is 642 g/mol. The fraction of sp³-hybridized carbons (Fsp3) is 0.395. The summed E-state index contributed by atoms with van der Waals surface area (Å²) in [5.74, 6) is -0.0812. The molecule has 0 bridgehead atoms. The Balaban J connectivity index is 1.65. The summed E-state index contributed by atoms with van der Waals surface area (Å²) in [6.45, 7) is 11.5. The quantitative estimate of drug-likeness (QED) is 0.105. The van der Waals surface area contributed by atoms with Gasteiger partial charge in [0.1, 0.15) is 23.1 Å². The van der Waals surface area contributed by atoms with Crippen molar-refractivity contribution in [3.8, 4) is 22.6 Å². The van der Waals surface area contributed by atoms with Crippen LogP contribution < -0.4 is 15.4 Å². The van der Waals surface area contributed by atoms with E-state index in [2.05, 4.69) is 17.6 Å². The van der Waals surface area contributed by atoms with Crippen molar-refractivity contribution >= 4 is 45.2 Å². The van der Waals surface area contributed by atoms with Gasteiger partial charge >= 0.3 is 12.1 Å². The lowest BCUT2D eigenvalue weighted by Gasteiger charge is -2.25. The first-order chi connectivity index (χ1) is 22.3. The van der Waals surface area contributed by atoms with Crippen molar-refractivity contribution in [1.82, 2.24) is 5.32 Å². The summed E-state index contributed by atoms with van der Waals surface area (Å²) in [5, 5.41) is 20.2. The minimum absolute atomic E-state index is 0.0981. The van der Waals surface area contributed by atoms with Gasteiger partial charge in [0.25, 0.3) is 0 Å². The van der Waals surface area contributed by atoms with Gasteiger partial charge in [-0.05, 0) is 90.9 Å². The highest BCUT2D eigenvalue weighted by Gasteiger charge is 2.27. The number of hydrogen-bond donors (Lipinski definition) is 3. The minimum atomic E-state index is -0.809. The van der Waals surface area contributed by atoms with E-state index in [0.29, 0.717) is 42.0 Å². The van der Waals surface area contributed by atoms with E-state index in [9.17, 15) is 19.5 Å². The molecule has 47 heavy (non-hydrogen) atoms. The van der Waals surface area contributed by atoms with Gasteiger partial charge in [-0.25, -0.2) is 4.79 Å². The maximum Gasteiger partial charge on any atom is 0.408 e. The van der Waals surface area contributed by atoms with Crippen LogP contribution in [-0.2, 0) is 25.5 Å². The second-order valence-electron chi connectivity index (χ2n) is 13.0. The average molecular weight is 643 g/mol. The Morgan fingerprint density at radius 2 is 1.57 bits per heavy atom. The van der Waals surface area contributed by atoms with Crippen LogP contribution in [-0.4, -0.2) is 48.4 Å². The van der Waals surface area contributed by atoms with E-state index in [-0.39, 0.29) is 23.5 Å². The van der Waals surface area contributed by atoms with Crippen LogP contribution in [0.25, 0.3) is 32.7 Å². The number of benzene rings is 4. The molecule has 0 aromatic heterocycles.